The van der Waals surface area contributed by atoms with Gasteiger partial charge in [0.1, 0.15) is 0 Å². The molecule has 1 aliphatic rings. The first-order valence-electron chi connectivity index (χ1n) is 6.92. The summed E-state index contributed by atoms with van der Waals surface area (Å²) in [5, 5.41) is 4.16. The summed E-state index contributed by atoms with van der Waals surface area (Å²) >= 11 is 6.21. The van der Waals surface area contributed by atoms with E-state index in [-0.39, 0.29) is 6.10 Å². The van der Waals surface area contributed by atoms with E-state index < -0.39 is 0 Å². The van der Waals surface area contributed by atoms with E-state index in [0.717, 1.165) is 37.0 Å². The van der Waals surface area contributed by atoms with Crippen molar-refractivity contribution in [3.05, 3.63) is 28.8 Å². The minimum Gasteiger partial charge on any atom is -0.381 e. The number of benzene rings is 1. The van der Waals surface area contributed by atoms with Gasteiger partial charge in [0.05, 0.1) is 23.4 Å². The molecule has 1 fully saturated rings. The largest absolute Gasteiger partial charge is 0.381 e. The van der Waals surface area contributed by atoms with Gasteiger partial charge in [-0.15, -0.1) is 0 Å². The van der Waals surface area contributed by atoms with Gasteiger partial charge in [0.15, 0.2) is 0 Å². The second-order valence-electron chi connectivity index (χ2n) is 5.45. The molecule has 1 N–H and O–H groups in total. The average Bonchev–Trinajstić information content (AvgIpc) is 2.38. The number of hydrogen-bond donors (Lipinski definition) is 1. The highest BCUT2D eigenvalue weighted by atomic mass is 35.5. The minimum absolute atomic E-state index is 0.230. The molecule has 1 heterocycles. The van der Waals surface area contributed by atoms with Gasteiger partial charge >= 0.3 is 0 Å². The highest BCUT2D eigenvalue weighted by Crippen LogP contribution is 2.23. The number of hydrogen-bond acceptors (Lipinski definition) is 3. The molecule has 0 aliphatic carbocycles. The summed E-state index contributed by atoms with van der Waals surface area (Å²) in [5.41, 5.74) is 2.16. The molecule has 1 aliphatic heterocycles. The van der Waals surface area contributed by atoms with Gasteiger partial charge in [-0.2, -0.15) is 0 Å². The normalized spacial score (nSPS) is 20.8. The van der Waals surface area contributed by atoms with Gasteiger partial charge in [-0.3, -0.25) is 4.90 Å². The fourth-order valence-corrected chi connectivity index (χ4v) is 2.62. The molecule has 0 saturated carbocycles. The van der Waals surface area contributed by atoms with Gasteiger partial charge in [-0.25, -0.2) is 0 Å². The van der Waals surface area contributed by atoms with Crippen LogP contribution < -0.4 is 5.32 Å². The van der Waals surface area contributed by atoms with Gasteiger partial charge in [0.25, 0.3) is 0 Å². The number of nitrogens with zero attached hydrogens (tertiary/aromatic N) is 1. The number of aryl methyl sites for hydroxylation is 1. The van der Waals surface area contributed by atoms with Crippen LogP contribution in [0.2, 0.25) is 5.02 Å². The molecule has 1 saturated heterocycles. The molecular weight excluding hydrogens is 260 g/mol. The topological polar surface area (TPSA) is 24.5 Å². The molecule has 0 radical (unpaired) electrons. The van der Waals surface area contributed by atoms with Crippen LogP contribution in [0.4, 0.5) is 5.69 Å². The van der Waals surface area contributed by atoms with Gasteiger partial charge in [0.2, 0.25) is 0 Å². The predicted molar refractivity (Wildman–Crippen MR) is 81.1 cm³/mol. The third-order valence-electron chi connectivity index (χ3n) is 3.55. The zero-order valence-corrected chi connectivity index (χ0v) is 12.7. The van der Waals surface area contributed by atoms with E-state index in [2.05, 4.69) is 30.1 Å². The molecular formula is C15H23ClN2O. The molecule has 0 spiro atoms. The Labute approximate surface area is 120 Å². The Morgan fingerprint density at radius 3 is 2.95 bits per heavy atom. The molecule has 2 rings (SSSR count). The van der Waals surface area contributed by atoms with E-state index in [4.69, 9.17) is 16.3 Å². The Balaban J connectivity index is 1.88. The monoisotopic (exact) mass is 282 g/mol. The van der Waals surface area contributed by atoms with Crippen molar-refractivity contribution in [2.24, 2.45) is 0 Å². The molecule has 0 bridgehead atoms. The van der Waals surface area contributed by atoms with Crippen molar-refractivity contribution in [3.63, 3.8) is 0 Å². The first-order chi connectivity index (χ1) is 9.06. The second-order valence-corrected chi connectivity index (χ2v) is 5.85. The fraction of sp³-hybridized carbons (Fsp3) is 0.600. The highest BCUT2D eigenvalue weighted by molar-refractivity contribution is 6.33. The average molecular weight is 283 g/mol. The quantitative estimate of drug-likeness (QED) is 0.918. The number of anilines is 1. The van der Waals surface area contributed by atoms with Crippen molar-refractivity contribution >= 4 is 17.3 Å². The molecule has 0 amide bonds. The van der Waals surface area contributed by atoms with E-state index in [1.165, 1.54) is 5.56 Å². The second kappa shape index (κ2) is 6.60. The van der Waals surface area contributed by atoms with Crippen LogP contribution in [-0.2, 0) is 4.74 Å². The van der Waals surface area contributed by atoms with Crippen LogP contribution >= 0.6 is 11.6 Å². The third kappa shape index (κ3) is 4.10. The van der Waals surface area contributed by atoms with Crippen molar-refractivity contribution in [1.82, 2.24) is 4.90 Å². The molecule has 1 unspecified atom stereocenters. The summed E-state index contributed by atoms with van der Waals surface area (Å²) in [6.45, 7) is 10.1. The molecule has 1 aromatic rings. The van der Waals surface area contributed by atoms with Crippen LogP contribution in [0.5, 0.6) is 0 Å². The molecule has 0 aromatic heterocycles. The van der Waals surface area contributed by atoms with Crippen LogP contribution in [-0.4, -0.2) is 43.3 Å². The van der Waals surface area contributed by atoms with Crippen LogP contribution in [0.25, 0.3) is 0 Å². The van der Waals surface area contributed by atoms with Crippen LogP contribution in [0.15, 0.2) is 18.2 Å². The van der Waals surface area contributed by atoms with Crippen molar-refractivity contribution in [2.45, 2.75) is 32.9 Å². The minimum atomic E-state index is 0.230. The van der Waals surface area contributed by atoms with Crippen LogP contribution in [0, 0.1) is 6.92 Å². The zero-order valence-electron chi connectivity index (χ0n) is 11.9. The van der Waals surface area contributed by atoms with Crippen LogP contribution in [0.1, 0.15) is 19.4 Å². The van der Waals surface area contributed by atoms with Crippen LogP contribution in [0.3, 0.4) is 0 Å². The number of halogens is 1. The number of ether oxygens (including phenoxy) is 1. The van der Waals surface area contributed by atoms with Crippen molar-refractivity contribution in [2.75, 3.05) is 31.6 Å². The van der Waals surface area contributed by atoms with Gasteiger partial charge in [-0.05, 0) is 38.5 Å². The maximum absolute atomic E-state index is 6.21. The van der Waals surface area contributed by atoms with E-state index in [9.17, 15) is 0 Å². The molecule has 3 nitrogen and oxygen atoms in total. The van der Waals surface area contributed by atoms with Gasteiger partial charge in [-0.1, -0.05) is 17.7 Å². The molecule has 4 heteroatoms. The predicted octanol–water partition coefficient (Wildman–Crippen LogP) is 3.17. The lowest BCUT2D eigenvalue weighted by Crippen LogP contribution is -2.48. The van der Waals surface area contributed by atoms with E-state index in [1.54, 1.807) is 0 Å². The zero-order chi connectivity index (χ0) is 13.8. The highest BCUT2D eigenvalue weighted by Gasteiger charge is 2.22. The summed E-state index contributed by atoms with van der Waals surface area (Å²) < 4.78 is 5.80. The third-order valence-corrected chi connectivity index (χ3v) is 3.86. The summed E-state index contributed by atoms with van der Waals surface area (Å²) in [4.78, 5) is 2.45. The SMILES string of the molecule is Cc1ccc(NCC2CN(C(C)C)CCO2)c(Cl)c1. The lowest BCUT2D eigenvalue weighted by molar-refractivity contribution is -0.0315. The lowest BCUT2D eigenvalue weighted by atomic mass is 10.2. The Kier molecular flexibility index (Phi) is 5.08. The molecule has 1 aromatic carbocycles. The Bertz CT molecular complexity index is 423. The van der Waals surface area contributed by atoms with Crippen molar-refractivity contribution in [3.8, 4) is 0 Å². The maximum Gasteiger partial charge on any atom is 0.0874 e. The number of morpholine rings is 1. The first-order valence-corrected chi connectivity index (χ1v) is 7.29. The Morgan fingerprint density at radius 1 is 1.47 bits per heavy atom. The smallest absolute Gasteiger partial charge is 0.0874 e. The lowest BCUT2D eigenvalue weighted by Gasteiger charge is -2.35. The fourth-order valence-electron chi connectivity index (χ4n) is 2.32. The molecule has 106 valence electrons. The van der Waals surface area contributed by atoms with Crippen molar-refractivity contribution in [1.29, 1.82) is 0 Å². The van der Waals surface area contributed by atoms with Crippen molar-refractivity contribution < 1.29 is 4.74 Å². The Hall–Kier alpha value is -0.770. The summed E-state index contributed by atoms with van der Waals surface area (Å²) in [6.07, 6.45) is 0.230. The Morgan fingerprint density at radius 2 is 2.26 bits per heavy atom. The van der Waals surface area contributed by atoms with E-state index in [0.29, 0.717) is 6.04 Å². The number of rotatable bonds is 4. The first kappa shape index (κ1) is 14.6. The molecule has 1 atom stereocenters. The van der Waals surface area contributed by atoms with E-state index in [1.807, 2.05) is 19.1 Å². The van der Waals surface area contributed by atoms with Gasteiger partial charge in [0, 0.05) is 25.7 Å². The summed E-state index contributed by atoms with van der Waals surface area (Å²) in [5.74, 6) is 0. The summed E-state index contributed by atoms with van der Waals surface area (Å²) in [7, 11) is 0. The molecule has 19 heavy (non-hydrogen) atoms. The standard InChI is InChI=1S/C15H23ClN2O/c1-11(2)18-6-7-19-13(10-18)9-17-15-5-4-12(3)8-14(15)16/h4-5,8,11,13,17H,6-7,9-10H2,1-3H3. The van der Waals surface area contributed by atoms with Gasteiger partial charge < -0.3 is 10.1 Å². The number of nitrogens with one attached hydrogen (secondary N) is 1. The maximum atomic E-state index is 6.21. The summed E-state index contributed by atoms with van der Waals surface area (Å²) in [6, 6.07) is 6.65. The van der Waals surface area contributed by atoms with E-state index >= 15 is 0 Å².